The van der Waals surface area contributed by atoms with Gasteiger partial charge >= 0.3 is 0 Å². The number of benzene rings is 1. The van der Waals surface area contributed by atoms with Crippen LogP contribution in [0.4, 0.5) is 9.18 Å². The van der Waals surface area contributed by atoms with E-state index in [-0.39, 0.29) is 41.3 Å². The number of carbonyl (C=O) groups excluding carboxylic acids is 3. The lowest BCUT2D eigenvalue weighted by atomic mass is 10.2. The summed E-state index contributed by atoms with van der Waals surface area (Å²) < 4.78 is 36.4. The molecule has 1 aromatic rings. The van der Waals surface area contributed by atoms with E-state index >= 15 is 0 Å². The number of imide groups is 1. The maximum absolute atomic E-state index is 13.3. The first kappa shape index (κ1) is 20.5. The third kappa shape index (κ3) is 4.61. The molecule has 0 bridgehead atoms. The van der Waals surface area contributed by atoms with Crippen molar-refractivity contribution in [3.8, 4) is 0 Å². The summed E-state index contributed by atoms with van der Waals surface area (Å²) in [4.78, 5) is 39.4. The predicted octanol–water partition coefficient (Wildman–Crippen LogP) is 1.90. The molecule has 7 nitrogen and oxygen atoms in total. The molecule has 150 valence electrons. The number of thioether (sulfide) groups is 1. The van der Waals surface area contributed by atoms with E-state index in [1.165, 1.54) is 36.2 Å². The zero-order chi connectivity index (χ0) is 20.5. The lowest BCUT2D eigenvalue weighted by molar-refractivity contribution is -0.132. The van der Waals surface area contributed by atoms with Gasteiger partial charge in [-0.2, -0.15) is 0 Å². The topological polar surface area (TPSA) is 91.8 Å². The molecular formula is C18H19FN2O5S2. The number of hydrogen-bond donors (Lipinski definition) is 0. The summed E-state index contributed by atoms with van der Waals surface area (Å²) in [6.07, 6.45) is 1.74. The highest BCUT2D eigenvalue weighted by Gasteiger charge is 2.36. The van der Waals surface area contributed by atoms with E-state index in [1.54, 1.807) is 6.07 Å². The molecule has 2 fully saturated rings. The maximum atomic E-state index is 13.3. The molecule has 3 amide bonds. The number of halogens is 1. The molecule has 3 rings (SSSR count). The van der Waals surface area contributed by atoms with Crippen LogP contribution in [-0.2, 0) is 19.4 Å². The van der Waals surface area contributed by atoms with E-state index in [4.69, 9.17) is 0 Å². The lowest BCUT2D eigenvalue weighted by Crippen LogP contribution is -2.40. The first-order valence-electron chi connectivity index (χ1n) is 8.63. The summed E-state index contributed by atoms with van der Waals surface area (Å²) in [7, 11) is -1.58. The zero-order valence-electron chi connectivity index (χ0n) is 15.1. The molecule has 0 saturated carbocycles. The maximum Gasteiger partial charge on any atom is 0.293 e. The van der Waals surface area contributed by atoms with Crippen LogP contribution >= 0.6 is 11.8 Å². The summed E-state index contributed by atoms with van der Waals surface area (Å²) in [5.41, 5.74) is 0.462. The number of nitrogens with zero attached hydrogens (tertiary/aromatic N) is 2. The molecule has 2 heterocycles. The first-order valence-corrected chi connectivity index (χ1v) is 11.3. The van der Waals surface area contributed by atoms with Crippen molar-refractivity contribution in [1.82, 2.24) is 9.80 Å². The first-order chi connectivity index (χ1) is 13.2. The predicted molar refractivity (Wildman–Crippen MR) is 104 cm³/mol. The monoisotopic (exact) mass is 426 g/mol. The van der Waals surface area contributed by atoms with Crippen LogP contribution < -0.4 is 0 Å². The van der Waals surface area contributed by atoms with Crippen molar-refractivity contribution in [1.29, 1.82) is 0 Å². The molecule has 1 atom stereocenters. The molecule has 2 aliphatic heterocycles. The van der Waals surface area contributed by atoms with Crippen LogP contribution in [0.25, 0.3) is 6.08 Å². The Labute approximate surface area is 166 Å². The van der Waals surface area contributed by atoms with E-state index in [0.717, 1.165) is 16.7 Å². The quantitative estimate of drug-likeness (QED) is 0.668. The molecule has 10 heteroatoms. The fourth-order valence-corrected chi connectivity index (χ4v) is 5.75. The van der Waals surface area contributed by atoms with Crippen LogP contribution in [0.15, 0.2) is 29.2 Å². The van der Waals surface area contributed by atoms with Gasteiger partial charge in [0.1, 0.15) is 5.82 Å². The largest absolute Gasteiger partial charge is 0.342 e. The number of carbonyl (C=O) groups is 3. The SMILES string of the molecule is CN(C(=O)CCN1C(=O)S/C(=C/c2cccc(F)c2)C1=O)[C@@H]1CCS(=O)(=O)C1. The Morgan fingerprint density at radius 1 is 1.39 bits per heavy atom. The minimum Gasteiger partial charge on any atom is -0.342 e. The fourth-order valence-electron chi connectivity index (χ4n) is 3.11. The minimum atomic E-state index is -3.11. The van der Waals surface area contributed by atoms with E-state index in [0.29, 0.717) is 12.0 Å². The molecule has 0 unspecified atom stereocenters. The molecule has 2 saturated heterocycles. The van der Waals surface area contributed by atoms with Gasteiger partial charge in [-0.15, -0.1) is 0 Å². The number of hydrogen-bond acceptors (Lipinski definition) is 6. The highest BCUT2D eigenvalue weighted by atomic mass is 32.2. The Hall–Kier alpha value is -2.20. The molecule has 0 N–H and O–H groups in total. The molecular weight excluding hydrogens is 407 g/mol. The van der Waals surface area contributed by atoms with E-state index < -0.39 is 26.8 Å². The van der Waals surface area contributed by atoms with Gasteiger partial charge in [0, 0.05) is 26.1 Å². The van der Waals surface area contributed by atoms with Crippen LogP contribution in [0.2, 0.25) is 0 Å². The van der Waals surface area contributed by atoms with Crippen molar-refractivity contribution in [3.05, 3.63) is 40.6 Å². The molecule has 0 aliphatic carbocycles. The highest BCUT2D eigenvalue weighted by Crippen LogP contribution is 2.32. The Bertz CT molecular complexity index is 960. The Kier molecular flexibility index (Phi) is 5.90. The summed E-state index contributed by atoms with van der Waals surface area (Å²) >= 11 is 0.739. The van der Waals surface area contributed by atoms with E-state index in [1.807, 2.05) is 0 Å². The van der Waals surface area contributed by atoms with Crippen LogP contribution in [0.3, 0.4) is 0 Å². The normalized spacial score (nSPS) is 22.9. The fraction of sp³-hybridized carbons (Fsp3) is 0.389. The van der Waals surface area contributed by atoms with Gasteiger partial charge in [-0.25, -0.2) is 12.8 Å². The van der Waals surface area contributed by atoms with Gasteiger partial charge < -0.3 is 4.90 Å². The lowest BCUT2D eigenvalue weighted by Gasteiger charge is -2.24. The van der Waals surface area contributed by atoms with Crippen LogP contribution in [0.5, 0.6) is 0 Å². The molecule has 1 aromatic carbocycles. The van der Waals surface area contributed by atoms with Crippen molar-refractivity contribution in [2.45, 2.75) is 18.9 Å². The van der Waals surface area contributed by atoms with Crippen molar-refractivity contribution in [2.24, 2.45) is 0 Å². The van der Waals surface area contributed by atoms with Gasteiger partial charge in [-0.1, -0.05) is 12.1 Å². The van der Waals surface area contributed by atoms with E-state index in [2.05, 4.69) is 0 Å². The van der Waals surface area contributed by atoms with Crippen molar-refractivity contribution < 1.29 is 27.2 Å². The number of rotatable bonds is 5. The Morgan fingerprint density at radius 2 is 2.14 bits per heavy atom. The minimum absolute atomic E-state index is 0.0588. The van der Waals surface area contributed by atoms with Crippen LogP contribution in [0, 0.1) is 5.82 Å². The van der Waals surface area contributed by atoms with Crippen LogP contribution in [0.1, 0.15) is 18.4 Å². The summed E-state index contributed by atoms with van der Waals surface area (Å²) in [6, 6.07) is 5.28. The number of amides is 3. The standard InChI is InChI=1S/C18H19FN2O5S2/c1-20(14-6-8-28(25,26)11-14)16(22)5-7-21-17(23)15(27-18(21)24)10-12-3-2-4-13(19)9-12/h2-4,9-10,14H,5-8,11H2,1H3/b15-10+/t14-/m1/s1. The average molecular weight is 426 g/mol. The zero-order valence-corrected chi connectivity index (χ0v) is 16.8. The second-order valence-electron chi connectivity index (χ2n) is 6.70. The van der Waals surface area contributed by atoms with Gasteiger partial charge in [0.15, 0.2) is 9.84 Å². The summed E-state index contributed by atoms with van der Waals surface area (Å²) in [5, 5.41) is -0.494. The molecule has 0 radical (unpaired) electrons. The Morgan fingerprint density at radius 3 is 2.79 bits per heavy atom. The average Bonchev–Trinajstić information content (AvgIpc) is 3.11. The van der Waals surface area contributed by atoms with Crippen molar-refractivity contribution >= 4 is 44.7 Å². The highest BCUT2D eigenvalue weighted by molar-refractivity contribution is 8.18. The van der Waals surface area contributed by atoms with Gasteiger partial charge in [-0.05, 0) is 42.0 Å². The smallest absolute Gasteiger partial charge is 0.293 e. The van der Waals surface area contributed by atoms with Crippen LogP contribution in [-0.4, -0.2) is 66.4 Å². The summed E-state index contributed by atoms with van der Waals surface area (Å²) in [6.45, 7) is -0.0895. The summed E-state index contributed by atoms with van der Waals surface area (Å²) in [5.74, 6) is -1.31. The Balaban J connectivity index is 1.61. The van der Waals surface area contributed by atoms with Gasteiger partial charge in [0.25, 0.3) is 11.1 Å². The van der Waals surface area contributed by atoms with E-state index in [9.17, 15) is 27.2 Å². The van der Waals surface area contributed by atoms with Gasteiger partial charge in [-0.3, -0.25) is 19.3 Å². The van der Waals surface area contributed by atoms with Crippen molar-refractivity contribution in [3.63, 3.8) is 0 Å². The second-order valence-corrected chi connectivity index (χ2v) is 9.92. The second kappa shape index (κ2) is 8.04. The third-order valence-corrected chi connectivity index (χ3v) is 7.38. The van der Waals surface area contributed by atoms with Crippen molar-refractivity contribution in [2.75, 3.05) is 25.1 Å². The molecule has 0 aromatic heterocycles. The number of sulfone groups is 1. The molecule has 2 aliphatic rings. The molecule has 0 spiro atoms. The third-order valence-electron chi connectivity index (χ3n) is 4.72. The van der Waals surface area contributed by atoms with Gasteiger partial charge in [0.2, 0.25) is 5.91 Å². The molecule has 28 heavy (non-hydrogen) atoms. The van der Waals surface area contributed by atoms with Gasteiger partial charge in [0.05, 0.1) is 16.4 Å².